The van der Waals surface area contributed by atoms with E-state index in [1.54, 1.807) is 0 Å². The van der Waals surface area contributed by atoms with E-state index in [0.717, 1.165) is 4.90 Å². The summed E-state index contributed by atoms with van der Waals surface area (Å²) in [6.45, 7) is 0.733. The number of amides is 3. The van der Waals surface area contributed by atoms with Crippen LogP contribution >= 0.6 is 0 Å². The van der Waals surface area contributed by atoms with Crippen LogP contribution in [0.15, 0.2) is 0 Å². The normalized spacial score (nSPS) is 33.3. The van der Waals surface area contributed by atoms with Crippen molar-refractivity contribution >= 4 is 22.3 Å². The molecule has 2 unspecified atom stereocenters. The number of hydrogen-bond donors (Lipinski definition) is 3. The number of urea groups is 1. The van der Waals surface area contributed by atoms with Gasteiger partial charge in [-0.25, -0.2) is 4.79 Å². The Morgan fingerprint density at radius 3 is 2.89 bits per heavy atom. The van der Waals surface area contributed by atoms with E-state index in [4.69, 9.17) is 20.3 Å². The van der Waals surface area contributed by atoms with Gasteiger partial charge in [0.1, 0.15) is 0 Å². The summed E-state index contributed by atoms with van der Waals surface area (Å²) in [5.41, 5.74) is 3.81. The highest BCUT2D eigenvalue weighted by molar-refractivity contribution is 7.80. The smallest absolute Gasteiger partial charge is 0.365 e. The molecule has 4 atom stereocenters. The van der Waals surface area contributed by atoms with E-state index < -0.39 is 34.1 Å². The summed E-state index contributed by atoms with van der Waals surface area (Å²) < 4.78 is 40.9. The number of nitrogens with one attached hydrogen (secondary N) is 1. The zero-order chi connectivity index (χ0) is 19.8. The number of hydroxylamine groups is 2. The molecule has 3 aliphatic heterocycles. The predicted molar refractivity (Wildman–Crippen MR) is 87.6 cm³/mol. The fraction of sp³-hybridized carbons (Fsp3) is 0.786. The van der Waals surface area contributed by atoms with Gasteiger partial charge in [-0.3, -0.25) is 14.2 Å². The molecule has 150 valence electrons. The third-order valence-corrected chi connectivity index (χ3v) is 5.52. The van der Waals surface area contributed by atoms with Crippen LogP contribution in [0.4, 0.5) is 4.79 Å². The first-order valence-corrected chi connectivity index (χ1v) is 9.85. The van der Waals surface area contributed by atoms with Crippen LogP contribution in [0.2, 0.25) is 0 Å². The number of primary amides is 1. The molecule has 3 aliphatic rings. The molecule has 0 aromatic rings. The molecule has 0 spiro atoms. The van der Waals surface area contributed by atoms with Gasteiger partial charge >= 0.3 is 16.4 Å². The lowest BCUT2D eigenvalue weighted by Gasteiger charge is -2.40. The lowest BCUT2D eigenvalue weighted by molar-refractivity contribution is -0.175. The van der Waals surface area contributed by atoms with Gasteiger partial charge in [-0.1, -0.05) is 0 Å². The van der Waals surface area contributed by atoms with E-state index in [1.807, 2.05) is 0 Å². The number of ether oxygens (including phenoxy) is 1. The van der Waals surface area contributed by atoms with Crippen molar-refractivity contribution in [3.63, 3.8) is 0 Å². The largest absolute Gasteiger partial charge is 0.418 e. The maximum atomic E-state index is 12.5. The molecule has 0 aromatic carbocycles. The van der Waals surface area contributed by atoms with Crippen LogP contribution in [0.3, 0.4) is 0 Å². The molecule has 2 bridgehead atoms. The van der Waals surface area contributed by atoms with Gasteiger partial charge in [0.2, 0.25) is 5.72 Å². The van der Waals surface area contributed by atoms with E-state index in [0.29, 0.717) is 24.4 Å². The van der Waals surface area contributed by atoms with Crippen molar-refractivity contribution in [2.75, 3.05) is 19.7 Å². The maximum Gasteiger partial charge on any atom is 0.418 e. The highest BCUT2D eigenvalue weighted by atomic mass is 32.3. The summed E-state index contributed by atoms with van der Waals surface area (Å²) >= 11 is 0. The Balaban J connectivity index is 1.71. The lowest BCUT2D eigenvalue weighted by Crippen LogP contribution is -2.62. The Bertz CT molecular complexity index is 768. The summed E-state index contributed by atoms with van der Waals surface area (Å²) in [5.74, 6) is -0.675. The van der Waals surface area contributed by atoms with Crippen molar-refractivity contribution < 1.29 is 31.6 Å². The fourth-order valence-corrected chi connectivity index (χ4v) is 4.26. The summed E-state index contributed by atoms with van der Waals surface area (Å²) in [6, 6.07) is 0.445. The summed E-state index contributed by atoms with van der Waals surface area (Å²) in [5, 5.41) is 12.5. The third kappa shape index (κ3) is 3.85. The van der Waals surface area contributed by atoms with Crippen LogP contribution in [0.1, 0.15) is 25.7 Å². The summed E-state index contributed by atoms with van der Waals surface area (Å²) in [4.78, 5) is 25.8. The predicted octanol–water partition coefficient (Wildman–Crippen LogP) is -1.29. The maximum absolute atomic E-state index is 12.5. The van der Waals surface area contributed by atoms with Crippen molar-refractivity contribution in [2.24, 2.45) is 11.7 Å². The minimum Gasteiger partial charge on any atom is -0.365 e. The molecule has 3 saturated heterocycles. The number of rotatable bonds is 7. The van der Waals surface area contributed by atoms with Gasteiger partial charge in [-0.05, 0) is 25.3 Å². The van der Waals surface area contributed by atoms with E-state index in [9.17, 15) is 18.0 Å². The van der Waals surface area contributed by atoms with E-state index in [1.165, 1.54) is 0 Å². The number of piperidine rings is 1. The molecule has 0 saturated carbocycles. The first-order valence-electron chi connectivity index (χ1n) is 8.48. The number of carbonyl (C=O) groups excluding carboxylic acids is 2. The van der Waals surface area contributed by atoms with Gasteiger partial charge < -0.3 is 15.8 Å². The Hall–Kier alpha value is -1.98. The van der Waals surface area contributed by atoms with Crippen molar-refractivity contribution in [1.82, 2.24) is 15.3 Å². The van der Waals surface area contributed by atoms with E-state index in [2.05, 4.69) is 15.7 Å². The Kier molecular flexibility index (Phi) is 5.28. The minimum atomic E-state index is -4.89. The molecular weight excluding hydrogens is 382 g/mol. The number of nitrogens with zero attached hydrogens (tertiary/aromatic N) is 3. The van der Waals surface area contributed by atoms with E-state index in [-0.39, 0.29) is 38.0 Å². The second kappa shape index (κ2) is 7.21. The van der Waals surface area contributed by atoms with Crippen LogP contribution in [0.5, 0.6) is 0 Å². The van der Waals surface area contributed by atoms with Gasteiger partial charge in [-0.2, -0.15) is 18.7 Å². The first kappa shape index (κ1) is 19.8. The van der Waals surface area contributed by atoms with Crippen molar-refractivity contribution in [2.45, 2.75) is 43.5 Å². The van der Waals surface area contributed by atoms with Crippen molar-refractivity contribution in [1.29, 1.82) is 5.26 Å². The topological polar surface area (TPSA) is 175 Å². The number of carbonyl (C=O) groups is 2. The molecule has 0 aromatic heterocycles. The second-order valence-electron chi connectivity index (χ2n) is 6.94. The first-order chi connectivity index (χ1) is 12.7. The number of nitrogens with two attached hydrogens (primary N) is 1. The molecular formula is C14H21N5O7S. The monoisotopic (exact) mass is 403 g/mol. The SMILES string of the molecule is N#CC[C@@H]1CN[C@H](COC2(C(N)=O)CCC3CN2C(=O)N3OS(=O)(=O)O)C1. The quantitative estimate of drug-likeness (QED) is 0.437. The van der Waals surface area contributed by atoms with Crippen LogP contribution in [0.25, 0.3) is 0 Å². The van der Waals surface area contributed by atoms with Gasteiger partial charge in [0, 0.05) is 25.4 Å². The molecule has 3 heterocycles. The molecule has 3 fully saturated rings. The molecule has 27 heavy (non-hydrogen) atoms. The van der Waals surface area contributed by atoms with Crippen LogP contribution < -0.4 is 11.1 Å². The fourth-order valence-electron chi connectivity index (χ4n) is 3.87. The van der Waals surface area contributed by atoms with Crippen LogP contribution in [-0.4, -0.2) is 72.4 Å². The number of fused-ring (bicyclic) bond motifs is 2. The highest BCUT2D eigenvalue weighted by Gasteiger charge is 2.58. The third-order valence-electron chi connectivity index (χ3n) is 5.17. The summed E-state index contributed by atoms with van der Waals surface area (Å²) in [7, 11) is -4.89. The lowest BCUT2D eigenvalue weighted by atomic mass is 9.96. The number of nitriles is 1. The Morgan fingerprint density at radius 2 is 2.26 bits per heavy atom. The highest BCUT2D eigenvalue weighted by Crippen LogP contribution is 2.38. The van der Waals surface area contributed by atoms with Gasteiger partial charge in [-0.15, -0.1) is 4.28 Å². The molecule has 3 amide bonds. The molecule has 0 aliphatic carbocycles. The average molecular weight is 403 g/mol. The van der Waals surface area contributed by atoms with E-state index >= 15 is 0 Å². The van der Waals surface area contributed by atoms with Crippen molar-refractivity contribution in [3.05, 3.63) is 0 Å². The van der Waals surface area contributed by atoms with Crippen LogP contribution in [-0.2, 0) is 24.2 Å². The van der Waals surface area contributed by atoms with Crippen molar-refractivity contribution in [3.8, 4) is 6.07 Å². The molecule has 12 nitrogen and oxygen atoms in total. The molecule has 13 heteroatoms. The number of hydrogen-bond acceptors (Lipinski definition) is 8. The molecule has 4 N–H and O–H groups in total. The standard InChI is InChI=1S/C14H21N5O7S/c15-4-2-9-5-10(17-6-9)8-25-14(12(16)20)3-1-11-7-18(14)13(21)19(11)26-27(22,23)24/h9-11,17H,1-3,5-8H2,(H2,16,20)(H,22,23,24)/t9-,10-,11?,14?/m0/s1. The zero-order valence-corrected chi connectivity index (χ0v) is 15.2. The summed E-state index contributed by atoms with van der Waals surface area (Å²) in [6.07, 6.45) is 1.38. The molecule has 0 radical (unpaired) electrons. The Morgan fingerprint density at radius 1 is 1.52 bits per heavy atom. The van der Waals surface area contributed by atoms with Gasteiger partial charge in [0.05, 0.1) is 18.7 Å². The zero-order valence-electron chi connectivity index (χ0n) is 14.4. The van der Waals surface area contributed by atoms with Crippen LogP contribution in [0, 0.1) is 17.2 Å². The average Bonchev–Trinajstić information content (AvgIpc) is 3.13. The molecule has 3 rings (SSSR count). The minimum absolute atomic E-state index is 0.0214. The van der Waals surface area contributed by atoms with Gasteiger partial charge in [0.15, 0.2) is 0 Å². The Labute approximate surface area is 156 Å². The van der Waals surface area contributed by atoms with Gasteiger partial charge in [0.25, 0.3) is 5.91 Å². The second-order valence-corrected chi connectivity index (χ2v) is 7.95.